The molecule has 0 bridgehead atoms. The second-order valence-corrected chi connectivity index (χ2v) is 7.70. The maximum absolute atomic E-state index is 13.1. The second-order valence-electron chi connectivity index (χ2n) is 7.70. The van der Waals surface area contributed by atoms with E-state index in [0.717, 1.165) is 42.8 Å². The maximum atomic E-state index is 13.1. The number of piperidine rings is 1. The van der Waals surface area contributed by atoms with Crippen LogP contribution in [-0.2, 0) is 17.6 Å². The molecule has 4 heteroatoms. The molecule has 1 saturated heterocycles. The summed E-state index contributed by atoms with van der Waals surface area (Å²) >= 11 is 0. The van der Waals surface area contributed by atoms with Crippen LogP contribution in [0.5, 0.6) is 0 Å². The predicted molar refractivity (Wildman–Crippen MR) is 112 cm³/mol. The minimum Gasteiger partial charge on any atom is -0.342 e. The molecular formula is C25H25FN2O. The van der Waals surface area contributed by atoms with Gasteiger partial charge in [0.1, 0.15) is 5.82 Å². The first-order chi connectivity index (χ1) is 14.2. The number of amides is 1. The van der Waals surface area contributed by atoms with Crippen LogP contribution in [0, 0.1) is 5.82 Å². The predicted octanol–water partition coefficient (Wildman–Crippen LogP) is 4.76. The van der Waals surface area contributed by atoms with E-state index in [2.05, 4.69) is 30.3 Å². The van der Waals surface area contributed by atoms with E-state index in [0.29, 0.717) is 13.0 Å². The first kappa shape index (κ1) is 19.3. The van der Waals surface area contributed by atoms with Crippen LogP contribution in [0.2, 0.25) is 0 Å². The average molecular weight is 388 g/mol. The summed E-state index contributed by atoms with van der Waals surface area (Å²) in [5.74, 6) is 0.0825. The van der Waals surface area contributed by atoms with Crippen molar-refractivity contribution >= 4 is 5.91 Å². The third kappa shape index (κ3) is 5.08. The Morgan fingerprint density at radius 3 is 2.55 bits per heavy atom. The van der Waals surface area contributed by atoms with E-state index in [1.165, 1.54) is 17.7 Å². The van der Waals surface area contributed by atoms with Gasteiger partial charge in [-0.2, -0.15) is 0 Å². The quantitative estimate of drug-likeness (QED) is 0.631. The molecule has 3 aromatic rings. The van der Waals surface area contributed by atoms with Crippen molar-refractivity contribution in [1.82, 2.24) is 9.88 Å². The number of halogens is 1. The summed E-state index contributed by atoms with van der Waals surface area (Å²) in [6.45, 7) is 1.47. The number of likely N-dealkylation sites (tertiary alicyclic amines) is 1. The van der Waals surface area contributed by atoms with Gasteiger partial charge in [0, 0.05) is 36.8 Å². The number of nitrogens with zero attached hydrogens (tertiary/aromatic N) is 2. The largest absolute Gasteiger partial charge is 0.342 e. The van der Waals surface area contributed by atoms with Gasteiger partial charge in [-0.15, -0.1) is 0 Å². The number of carbonyl (C=O) groups excluding carboxylic acids is 1. The topological polar surface area (TPSA) is 33.2 Å². The first-order valence-electron chi connectivity index (χ1n) is 10.2. The molecule has 148 valence electrons. The molecule has 29 heavy (non-hydrogen) atoms. The Kier molecular flexibility index (Phi) is 5.99. The number of rotatable bonds is 5. The van der Waals surface area contributed by atoms with Gasteiger partial charge in [0.25, 0.3) is 0 Å². The smallest absolute Gasteiger partial charge is 0.227 e. The highest BCUT2D eigenvalue weighted by Crippen LogP contribution is 2.26. The van der Waals surface area contributed by atoms with Gasteiger partial charge in [0.2, 0.25) is 5.91 Å². The van der Waals surface area contributed by atoms with Crippen molar-refractivity contribution in [1.29, 1.82) is 0 Å². The standard InChI is InChI=1S/C25H25FN2O/c26-22-13-11-20(12-14-22)17-25(29)28-15-5-8-21(18-28)24-10-4-9-23(27-24)16-19-6-2-1-3-7-19/h1-4,6-7,9-14,21H,5,8,15-18H2. The minimum atomic E-state index is -0.277. The van der Waals surface area contributed by atoms with Gasteiger partial charge in [-0.1, -0.05) is 48.5 Å². The van der Waals surface area contributed by atoms with E-state index < -0.39 is 0 Å². The Morgan fingerprint density at radius 2 is 1.76 bits per heavy atom. The second kappa shape index (κ2) is 8.99. The summed E-state index contributed by atoms with van der Waals surface area (Å²) in [6.07, 6.45) is 3.15. The van der Waals surface area contributed by atoms with Crippen LogP contribution >= 0.6 is 0 Å². The highest BCUT2D eigenvalue weighted by atomic mass is 19.1. The third-order valence-corrected chi connectivity index (χ3v) is 5.52. The fourth-order valence-corrected chi connectivity index (χ4v) is 3.96. The molecular weight excluding hydrogens is 363 g/mol. The van der Waals surface area contributed by atoms with E-state index in [9.17, 15) is 9.18 Å². The molecule has 2 aromatic carbocycles. The summed E-state index contributed by atoms with van der Waals surface area (Å²) in [5.41, 5.74) is 4.22. The number of pyridine rings is 1. The molecule has 0 aliphatic carbocycles. The van der Waals surface area contributed by atoms with E-state index >= 15 is 0 Å². The lowest BCUT2D eigenvalue weighted by atomic mass is 9.93. The van der Waals surface area contributed by atoms with Gasteiger partial charge in [-0.3, -0.25) is 9.78 Å². The Balaban J connectivity index is 1.42. The number of aromatic nitrogens is 1. The maximum Gasteiger partial charge on any atom is 0.227 e. The van der Waals surface area contributed by atoms with Crippen molar-refractivity contribution in [3.05, 3.63) is 101 Å². The zero-order valence-corrected chi connectivity index (χ0v) is 16.4. The Bertz CT molecular complexity index is 956. The van der Waals surface area contributed by atoms with Crippen molar-refractivity contribution in [3.63, 3.8) is 0 Å². The van der Waals surface area contributed by atoms with E-state index in [1.807, 2.05) is 23.1 Å². The number of carbonyl (C=O) groups is 1. The molecule has 1 unspecified atom stereocenters. The molecule has 1 amide bonds. The van der Waals surface area contributed by atoms with Crippen LogP contribution in [0.15, 0.2) is 72.8 Å². The summed E-state index contributed by atoms with van der Waals surface area (Å²) < 4.78 is 13.1. The van der Waals surface area contributed by atoms with Crippen molar-refractivity contribution in [2.75, 3.05) is 13.1 Å². The number of hydrogen-bond acceptors (Lipinski definition) is 2. The molecule has 0 radical (unpaired) electrons. The summed E-state index contributed by atoms with van der Waals surface area (Å²) in [7, 11) is 0. The van der Waals surface area contributed by atoms with E-state index in [1.54, 1.807) is 12.1 Å². The molecule has 1 aliphatic heterocycles. The van der Waals surface area contributed by atoms with Gasteiger partial charge in [0.15, 0.2) is 0 Å². The Morgan fingerprint density at radius 1 is 0.966 bits per heavy atom. The molecule has 0 saturated carbocycles. The Hall–Kier alpha value is -3.01. The number of hydrogen-bond donors (Lipinski definition) is 0. The van der Waals surface area contributed by atoms with E-state index in [-0.39, 0.29) is 17.6 Å². The van der Waals surface area contributed by atoms with Crippen LogP contribution < -0.4 is 0 Å². The fourth-order valence-electron chi connectivity index (χ4n) is 3.96. The molecule has 4 rings (SSSR count). The molecule has 0 N–H and O–H groups in total. The lowest BCUT2D eigenvalue weighted by Gasteiger charge is -2.32. The monoisotopic (exact) mass is 388 g/mol. The minimum absolute atomic E-state index is 0.0988. The lowest BCUT2D eigenvalue weighted by molar-refractivity contribution is -0.131. The first-order valence-corrected chi connectivity index (χ1v) is 10.2. The van der Waals surface area contributed by atoms with Gasteiger partial charge in [0.05, 0.1) is 6.42 Å². The van der Waals surface area contributed by atoms with Crippen LogP contribution in [0.1, 0.15) is 41.3 Å². The Labute approximate surface area is 171 Å². The zero-order chi connectivity index (χ0) is 20.1. The highest BCUT2D eigenvalue weighted by molar-refractivity contribution is 5.79. The van der Waals surface area contributed by atoms with Gasteiger partial charge < -0.3 is 4.90 Å². The summed E-state index contributed by atoms with van der Waals surface area (Å²) in [4.78, 5) is 19.6. The van der Waals surface area contributed by atoms with Gasteiger partial charge in [-0.05, 0) is 48.2 Å². The SMILES string of the molecule is O=C(Cc1ccc(F)cc1)N1CCCC(c2cccc(Cc3ccccc3)n2)C1. The van der Waals surface area contributed by atoms with Crippen molar-refractivity contribution in [2.45, 2.75) is 31.6 Å². The third-order valence-electron chi connectivity index (χ3n) is 5.52. The highest BCUT2D eigenvalue weighted by Gasteiger charge is 2.25. The van der Waals surface area contributed by atoms with Crippen LogP contribution in [-0.4, -0.2) is 28.9 Å². The molecule has 1 atom stereocenters. The number of benzene rings is 2. The summed E-state index contributed by atoms with van der Waals surface area (Å²) in [5, 5.41) is 0. The average Bonchev–Trinajstić information content (AvgIpc) is 2.76. The molecule has 2 heterocycles. The van der Waals surface area contributed by atoms with Crippen LogP contribution in [0.4, 0.5) is 4.39 Å². The summed E-state index contributed by atoms with van der Waals surface area (Å²) in [6, 6.07) is 22.7. The lowest BCUT2D eigenvalue weighted by Crippen LogP contribution is -2.40. The molecule has 1 fully saturated rings. The van der Waals surface area contributed by atoms with Crippen LogP contribution in [0.25, 0.3) is 0 Å². The van der Waals surface area contributed by atoms with E-state index in [4.69, 9.17) is 4.98 Å². The zero-order valence-electron chi connectivity index (χ0n) is 16.4. The van der Waals surface area contributed by atoms with Gasteiger partial charge in [-0.25, -0.2) is 4.39 Å². The molecule has 3 nitrogen and oxygen atoms in total. The molecule has 1 aliphatic rings. The van der Waals surface area contributed by atoms with Crippen molar-refractivity contribution < 1.29 is 9.18 Å². The van der Waals surface area contributed by atoms with Crippen molar-refractivity contribution in [3.8, 4) is 0 Å². The van der Waals surface area contributed by atoms with Crippen molar-refractivity contribution in [2.24, 2.45) is 0 Å². The fraction of sp³-hybridized carbons (Fsp3) is 0.280. The normalized spacial score (nSPS) is 16.6. The molecule has 0 spiro atoms. The van der Waals surface area contributed by atoms with Gasteiger partial charge >= 0.3 is 0 Å². The van der Waals surface area contributed by atoms with Crippen LogP contribution in [0.3, 0.4) is 0 Å². The molecule has 1 aromatic heterocycles.